The minimum atomic E-state index is -0.288. The molecule has 140 valence electrons. The summed E-state index contributed by atoms with van der Waals surface area (Å²) in [5.74, 6) is -0.0485. The van der Waals surface area contributed by atoms with E-state index in [4.69, 9.17) is 21.6 Å². The Morgan fingerprint density at radius 1 is 1.15 bits per heavy atom. The van der Waals surface area contributed by atoms with E-state index in [1.165, 1.54) is 4.90 Å². The summed E-state index contributed by atoms with van der Waals surface area (Å²) in [4.78, 5) is 25.8. The highest BCUT2D eigenvalue weighted by Crippen LogP contribution is 2.12. The Labute approximate surface area is 163 Å². The fraction of sp³-hybridized carbons (Fsp3) is 0.250. The summed E-state index contributed by atoms with van der Waals surface area (Å²) in [6, 6.07) is 15.7. The molecule has 0 saturated carbocycles. The van der Waals surface area contributed by atoms with Crippen LogP contribution in [0.25, 0.3) is 0 Å². The van der Waals surface area contributed by atoms with Gasteiger partial charge in [0.2, 0.25) is 5.91 Å². The van der Waals surface area contributed by atoms with Crippen LogP contribution in [-0.2, 0) is 16.1 Å². The van der Waals surface area contributed by atoms with Gasteiger partial charge in [-0.2, -0.15) is 5.26 Å². The molecule has 27 heavy (non-hydrogen) atoms. The zero-order chi connectivity index (χ0) is 19.6. The van der Waals surface area contributed by atoms with Gasteiger partial charge in [0.15, 0.2) is 6.61 Å². The van der Waals surface area contributed by atoms with E-state index in [1.54, 1.807) is 43.3 Å². The number of amides is 2. The second-order valence-electron chi connectivity index (χ2n) is 5.74. The molecule has 0 fully saturated rings. The molecule has 7 heteroatoms. The Balaban J connectivity index is 1.79. The zero-order valence-corrected chi connectivity index (χ0v) is 15.7. The lowest BCUT2D eigenvalue weighted by molar-refractivity contribution is -0.137. The number of hydrogen-bond acceptors (Lipinski definition) is 4. The minimum Gasteiger partial charge on any atom is -0.484 e. The highest BCUT2D eigenvalue weighted by atomic mass is 35.5. The predicted octanol–water partition coefficient (Wildman–Crippen LogP) is 2.76. The van der Waals surface area contributed by atoms with Crippen LogP contribution in [0.15, 0.2) is 48.5 Å². The average molecular weight is 386 g/mol. The number of rotatable bonds is 8. The smallest absolute Gasteiger partial charge is 0.260 e. The fourth-order valence-corrected chi connectivity index (χ4v) is 2.40. The Morgan fingerprint density at radius 2 is 1.81 bits per heavy atom. The number of ether oxygens (including phenoxy) is 1. The van der Waals surface area contributed by atoms with Crippen molar-refractivity contribution in [2.24, 2.45) is 0 Å². The third kappa shape index (κ3) is 6.65. The topological polar surface area (TPSA) is 82.4 Å². The SMILES string of the molecule is CCN(CC(=O)NCc1ccc(Cl)cc1)C(=O)COc1ccc(C#N)cc1. The van der Waals surface area contributed by atoms with Crippen molar-refractivity contribution in [3.8, 4) is 11.8 Å². The number of nitrogens with one attached hydrogen (secondary N) is 1. The normalized spacial score (nSPS) is 9.96. The van der Waals surface area contributed by atoms with Gasteiger partial charge in [-0.25, -0.2) is 0 Å². The Bertz CT molecular complexity index is 814. The maximum Gasteiger partial charge on any atom is 0.260 e. The standard InChI is InChI=1S/C20H20ClN3O3/c1-2-24(13-19(25)23-12-16-3-7-17(21)8-4-16)20(26)14-27-18-9-5-15(11-22)6-10-18/h3-10H,2,12-14H2,1H3,(H,23,25). The van der Waals surface area contributed by atoms with Crippen molar-refractivity contribution < 1.29 is 14.3 Å². The van der Waals surface area contributed by atoms with E-state index in [0.29, 0.717) is 29.4 Å². The van der Waals surface area contributed by atoms with Crippen LogP contribution in [0.5, 0.6) is 5.75 Å². The summed E-state index contributed by atoms with van der Waals surface area (Å²) in [6.07, 6.45) is 0. The highest BCUT2D eigenvalue weighted by molar-refractivity contribution is 6.30. The molecule has 0 aliphatic heterocycles. The number of benzene rings is 2. The van der Waals surface area contributed by atoms with Crippen molar-refractivity contribution in [3.05, 3.63) is 64.7 Å². The average Bonchev–Trinajstić information content (AvgIpc) is 2.70. The zero-order valence-electron chi connectivity index (χ0n) is 14.9. The fourth-order valence-electron chi connectivity index (χ4n) is 2.27. The van der Waals surface area contributed by atoms with Crippen molar-refractivity contribution in [3.63, 3.8) is 0 Å². The van der Waals surface area contributed by atoms with E-state index in [-0.39, 0.29) is 25.0 Å². The summed E-state index contributed by atoms with van der Waals surface area (Å²) >= 11 is 5.83. The summed E-state index contributed by atoms with van der Waals surface area (Å²) in [6.45, 7) is 2.34. The predicted molar refractivity (Wildman–Crippen MR) is 102 cm³/mol. The van der Waals surface area contributed by atoms with Gasteiger partial charge in [0.05, 0.1) is 18.2 Å². The van der Waals surface area contributed by atoms with E-state index in [9.17, 15) is 9.59 Å². The van der Waals surface area contributed by atoms with Crippen LogP contribution in [0.1, 0.15) is 18.1 Å². The molecule has 0 aliphatic rings. The monoisotopic (exact) mass is 385 g/mol. The van der Waals surface area contributed by atoms with Crippen LogP contribution in [0, 0.1) is 11.3 Å². The lowest BCUT2D eigenvalue weighted by Gasteiger charge is -2.20. The van der Waals surface area contributed by atoms with Gasteiger partial charge in [-0.15, -0.1) is 0 Å². The van der Waals surface area contributed by atoms with Gasteiger partial charge < -0.3 is 15.0 Å². The Morgan fingerprint density at radius 3 is 2.41 bits per heavy atom. The van der Waals surface area contributed by atoms with E-state index in [0.717, 1.165) is 5.56 Å². The summed E-state index contributed by atoms with van der Waals surface area (Å²) in [7, 11) is 0. The second-order valence-corrected chi connectivity index (χ2v) is 6.17. The number of hydrogen-bond donors (Lipinski definition) is 1. The molecule has 0 aliphatic carbocycles. The number of halogens is 1. The number of nitrogens with zero attached hydrogens (tertiary/aromatic N) is 2. The van der Waals surface area contributed by atoms with Crippen molar-refractivity contribution in [2.45, 2.75) is 13.5 Å². The molecular weight excluding hydrogens is 366 g/mol. The summed E-state index contributed by atoms with van der Waals surface area (Å²) in [5.41, 5.74) is 1.44. The van der Waals surface area contributed by atoms with Gasteiger partial charge in [0.25, 0.3) is 5.91 Å². The third-order valence-corrected chi connectivity index (χ3v) is 4.07. The Hall–Kier alpha value is -3.04. The summed E-state index contributed by atoms with van der Waals surface area (Å²) < 4.78 is 5.43. The molecule has 0 radical (unpaired) electrons. The molecule has 0 saturated heterocycles. The summed E-state index contributed by atoms with van der Waals surface area (Å²) in [5, 5.41) is 12.2. The Kier molecular flexibility index (Phi) is 7.65. The van der Waals surface area contributed by atoms with Gasteiger partial charge >= 0.3 is 0 Å². The first-order chi connectivity index (χ1) is 13.0. The lowest BCUT2D eigenvalue weighted by atomic mass is 10.2. The van der Waals surface area contributed by atoms with E-state index in [2.05, 4.69) is 5.32 Å². The number of carbonyl (C=O) groups is 2. The van der Waals surface area contributed by atoms with Gasteiger partial charge in [0.1, 0.15) is 5.75 Å². The molecule has 2 aromatic rings. The van der Waals surface area contributed by atoms with Crippen LogP contribution < -0.4 is 10.1 Å². The number of likely N-dealkylation sites (N-methyl/N-ethyl adjacent to an activating group) is 1. The largest absolute Gasteiger partial charge is 0.484 e. The van der Waals surface area contributed by atoms with Crippen LogP contribution in [0.2, 0.25) is 5.02 Å². The molecule has 0 unspecified atom stereocenters. The second kappa shape index (κ2) is 10.2. The first-order valence-electron chi connectivity index (χ1n) is 8.43. The van der Waals surface area contributed by atoms with E-state index in [1.807, 2.05) is 18.2 Å². The van der Waals surface area contributed by atoms with Crippen LogP contribution in [0.3, 0.4) is 0 Å². The number of nitriles is 1. The molecule has 2 aromatic carbocycles. The molecule has 0 aromatic heterocycles. The van der Waals surface area contributed by atoms with Crippen LogP contribution in [0.4, 0.5) is 0 Å². The van der Waals surface area contributed by atoms with E-state index >= 15 is 0 Å². The molecule has 0 spiro atoms. The van der Waals surface area contributed by atoms with Gasteiger partial charge in [-0.05, 0) is 48.9 Å². The maximum atomic E-state index is 12.3. The molecule has 0 bridgehead atoms. The molecule has 2 amide bonds. The van der Waals surface area contributed by atoms with Crippen molar-refractivity contribution >= 4 is 23.4 Å². The van der Waals surface area contributed by atoms with Crippen molar-refractivity contribution in [1.29, 1.82) is 5.26 Å². The van der Waals surface area contributed by atoms with Gasteiger partial charge in [0, 0.05) is 18.1 Å². The van der Waals surface area contributed by atoms with Crippen LogP contribution >= 0.6 is 11.6 Å². The molecule has 0 heterocycles. The van der Waals surface area contributed by atoms with Crippen LogP contribution in [-0.4, -0.2) is 36.4 Å². The maximum absolute atomic E-state index is 12.3. The molecule has 2 rings (SSSR count). The van der Waals surface area contributed by atoms with Gasteiger partial charge in [-0.1, -0.05) is 23.7 Å². The van der Waals surface area contributed by atoms with E-state index < -0.39 is 0 Å². The number of carbonyl (C=O) groups excluding carboxylic acids is 2. The first kappa shape index (κ1) is 20.3. The lowest BCUT2D eigenvalue weighted by Crippen LogP contribution is -2.42. The quantitative estimate of drug-likeness (QED) is 0.757. The van der Waals surface area contributed by atoms with Gasteiger partial charge in [-0.3, -0.25) is 9.59 Å². The molecule has 1 N–H and O–H groups in total. The van der Waals surface area contributed by atoms with Crippen molar-refractivity contribution in [2.75, 3.05) is 19.7 Å². The molecular formula is C20H20ClN3O3. The molecule has 0 atom stereocenters. The van der Waals surface area contributed by atoms with Crippen molar-refractivity contribution in [1.82, 2.24) is 10.2 Å². The highest BCUT2D eigenvalue weighted by Gasteiger charge is 2.16. The minimum absolute atomic E-state index is 0.0420. The third-order valence-electron chi connectivity index (χ3n) is 3.82. The first-order valence-corrected chi connectivity index (χ1v) is 8.81. The molecule has 6 nitrogen and oxygen atoms in total.